The highest BCUT2D eigenvalue weighted by Crippen LogP contribution is 2.89. The summed E-state index contributed by atoms with van der Waals surface area (Å²) in [5.41, 5.74) is -0.715. The molecule has 8 rings (SSSR count). The van der Waals surface area contributed by atoms with E-state index in [0.29, 0.717) is 23.7 Å². The minimum Gasteiger partial charge on any atom is -0.457 e. The van der Waals surface area contributed by atoms with Crippen LogP contribution in [-0.4, -0.2) is 114 Å². The molecule has 8 fully saturated rings. The maximum atomic E-state index is 12.6. The first-order valence-corrected chi connectivity index (χ1v) is 20.2. The third kappa shape index (κ3) is 4.78. The number of nitrogens with zero attached hydrogens (tertiary/aromatic N) is 2. The van der Waals surface area contributed by atoms with Crippen molar-refractivity contribution in [1.82, 2.24) is 9.80 Å². The molecule has 0 radical (unpaired) electrons. The van der Waals surface area contributed by atoms with Gasteiger partial charge in [-0.3, -0.25) is 9.69 Å². The number of hydrogen-bond donors (Lipinski definition) is 2. The molecule has 284 valence electrons. The molecule has 14 atom stereocenters. The van der Waals surface area contributed by atoms with Crippen LogP contribution in [0.15, 0.2) is 0 Å². The first kappa shape index (κ1) is 36.2. The standard InChI is InChI=1S/C41H68N2O7/c1-24-19-26(34(36(5,6)46)48-25(2)44)49-32-31(24)38(8)15-16-41-21-40(41)14-13-29(35(3,4)27(40)11-12-28(41)39(38,9)33(32)45)50-30-20-43(17-18-47-30)37(7)22-42(10)23-37/h24,26-34,45-46H,11-23H2,1-10H3/t24-,26-,27+,28+,29+,30+,31+,32+,33+,34+,38-,39-,40-,41+/m1/s1. The molecule has 8 aliphatic rings. The number of likely N-dealkylation sites (tertiary alicyclic amines) is 1. The highest BCUT2D eigenvalue weighted by Gasteiger charge is 2.84. The average Bonchev–Trinajstić information content (AvgIpc) is 3.65. The molecule has 0 aromatic carbocycles. The van der Waals surface area contributed by atoms with Crippen molar-refractivity contribution in [3.8, 4) is 0 Å². The topological polar surface area (TPSA) is 101 Å². The summed E-state index contributed by atoms with van der Waals surface area (Å²) in [7, 11) is 2.20. The van der Waals surface area contributed by atoms with Crippen LogP contribution in [0.5, 0.6) is 0 Å². The Morgan fingerprint density at radius 3 is 2.34 bits per heavy atom. The van der Waals surface area contributed by atoms with Gasteiger partial charge in [0.05, 0.1) is 43.2 Å². The fourth-order valence-corrected chi connectivity index (χ4v) is 15.3. The van der Waals surface area contributed by atoms with Gasteiger partial charge in [-0.25, -0.2) is 0 Å². The third-order valence-electron chi connectivity index (χ3n) is 17.4. The molecule has 9 nitrogen and oxygen atoms in total. The zero-order valence-corrected chi connectivity index (χ0v) is 32.8. The lowest BCUT2D eigenvalue weighted by atomic mass is 9.41. The van der Waals surface area contributed by atoms with Crippen molar-refractivity contribution >= 4 is 5.97 Å². The molecular weight excluding hydrogens is 632 g/mol. The van der Waals surface area contributed by atoms with Crippen molar-refractivity contribution in [3.05, 3.63) is 0 Å². The lowest BCUT2D eigenvalue weighted by Gasteiger charge is -2.64. The third-order valence-corrected chi connectivity index (χ3v) is 17.4. The van der Waals surface area contributed by atoms with E-state index in [1.54, 1.807) is 13.8 Å². The largest absolute Gasteiger partial charge is 0.457 e. The summed E-state index contributed by atoms with van der Waals surface area (Å²) >= 11 is 0. The van der Waals surface area contributed by atoms with Crippen LogP contribution >= 0.6 is 0 Å². The zero-order valence-electron chi connectivity index (χ0n) is 32.8. The van der Waals surface area contributed by atoms with Crippen molar-refractivity contribution < 1.29 is 34.0 Å². The van der Waals surface area contributed by atoms with Gasteiger partial charge in [0.15, 0.2) is 12.4 Å². The zero-order chi connectivity index (χ0) is 36.0. The molecule has 3 aliphatic heterocycles. The van der Waals surface area contributed by atoms with Crippen LogP contribution in [0.25, 0.3) is 0 Å². The van der Waals surface area contributed by atoms with Crippen LogP contribution in [0, 0.1) is 50.7 Å². The Labute approximate surface area is 301 Å². The van der Waals surface area contributed by atoms with Crippen LogP contribution in [0.4, 0.5) is 0 Å². The molecule has 3 heterocycles. The van der Waals surface area contributed by atoms with Crippen molar-refractivity contribution in [2.75, 3.05) is 39.8 Å². The van der Waals surface area contributed by atoms with E-state index >= 15 is 0 Å². The van der Waals surface area contributed by atoms with Crippen LogP contribution < -0.4 is 0 Å². The number of carbonyl (C=O) groups excluding carboxylic acids is 1. The molecule has 0 unspecified atom stereocenters. The summed E-state index contributed by atoms with van der Waals surface area (Å²) < 4.78 is 25.9. The minimum absolute atomic E-state index is 0.0500. The molecule has 0 bridgehead atoms. The maximum Gasteiger partial charge on any atom is 0.303 e. The van der Waals surface area contributed by atoms with Crippen LogP contribution in [0.3, 0.4) is 0 Å². The molecule has 9 heteroatoms. The van der Waals surface area contributed by atoms with Gasteiger partial charge in [0.1, 0.15) is 0 Å². The van der Waals surface area contributed by atoms with Gasteiger partial charge in [0.25, 0.3) is 0 Å². The SMILES string of the molecule is CC(=O)O[C@@H]([C@H]1C[C@@H](C)[C@H]2[C@H](O1)[C@H](O)[C@@]1(C)[C@@H]3CC[C@H]4C(C)(C)[C@@H](O[C@H]5CN(C6(C)CN(C)C6)CCO5)CC[C@@]45C[C@@]35CC[C@]21C)C(C)(C)O. The number of carbonyl (C=O) groups is 1. The number of rotatable bonds is 6. The normalized spacial score (nSPS) is 51.6. The highest BCUT2D eigenvalue weighted by atomic mass is 16.7. The summed E-state index contributed by atoms with van der Waals surface area (Å²) in [6.45, 7) is 24.1. The molecule has 0 aromatic rings. The monoisotopic (exact) mass is 701 g/mol. The predicted octanol–water partition coefficient (Wildman–Crippen LogP) is 5.25. The number of aliphatic hydroxyl groups excluding tert-OH is 1. The molecular formula is C41H68N2O7. The van der Waals surface area contributed by atoms with E-state index in [1.807, 2.05) is 0 Å². The van der Waals surface area contributed by atoms with Crippen molar-refractivity contribution in [2.24, 2.45) is 50.7 Å². The second kappa shape index (κ2) is 11.4. The number of fused-ring (bicyclic) bond motifs is 4. The van der Waals surface area contributed by atoms with Crippen molar-refractivity contribution in [3.63, 3.8) is 0 Å². The van der Waals surface area contributed by atoms with Gasteiger partial charge in [0.2, 0.25) is 0 Å². The first-order chi connectivity index (χ1) is 23.2. The van der Waals surface area contributed by atoms with Gasteiger partial charge in [0, 0.05) is 37.5 Å². The van der Waals surface area contributed by atoms with Crippen LogP contribution in [0.1, 0.15) is 114 Å². The molecule has 2 spiro atoms. The fourth-order valence-electron chi connectivity index (χ4n) is 15.3. The maximum absolute atomic E-state index is 12.6. The molecule has 0 aromatic heterocycles. The summed E-state index contributed by atoms with van der Waals surface area (Å²) in [6.07, 6.45) is 6.81. The van der Waals surface area contributed by atoms with Gasteiger partial charge in [-0.1, -0.05) is 34.6 Å². The Morgan fingerprint density at radius 2 is 1.68 bits per heavy atom. The van der Waals surface area contributed by atoms with E-state index in [0.717, 1.165) is 52.0 Å². The lowest BCUT2D eigenvalue weighted by Crippen LogP contribution is -2.70. The Hall–Kier alpha value is -0.810. The number of aliphatic hydroxyl groups is 2. The molecule has 0 amide bonds. The van der Waals surface area contributed by atoms with Gasteiger partial charge in [-0.15, -0.1) is 0 Å². The first-order valence-electron chi connectivity index (χ1n) is 20.2. The van der Waals surface area contributed by atoms with E-state index < -0.39 is 29.9 Å². The van der Waals surface area contributed by atoms with Crippen LogP contribution in [0.2, 0.25) is 0 Å². The summed E-state index contributed by atoms with van der Waals surface area (Å²) in [5.74, 6) is 1.13. The van der Waals surface area contributed by atoms with Gasteiger partial charge < -0.3 is 34.1 Å². The van der Waals surface area contributed by atoms with Crippen LogP contribution in [-0.2, 0) is 23.7 Å². The van der Waals surface area contributed by atoms with E-state index in [-0.39, 0.29) is 57.5 Å². The number of esters is 1. The van der Waals surface area contributed by atoms with Gasteiger partial charge >= 0.3 is 5.97 Å². The Bertz CT molecular complexity index is 1360. The summed E-state index contributed by atoms with van der Waals surface area (Å²) in [6, 6.07) is 0. The Morgan fingerprint density at radius 1 is 1.00 bits per heavy atom. The minimum atomic E-state index is -1.25. The second-order valence-corrected chi connectivity index (χ2v) is 20.8. The number of ether oxygens (including phenoxy) is 4. The predicted molar refractivity (Wildman–Crippen MR) is 190 cm³/mol. The molecule has 5 saturated carbocycles. The fraction of sp³-hybridized carbons (Fsp3) is 0.976. The van der Waals surface area contributed by atoms with Gasteiger partial charge in [-0.05, 0) is 125 Å². The Balaban J connectivity index is 1.01. The van der Waals surface area contributed by atoms with E-state index in [9.17, 15) is 15.0 Å². The average molecular weight is 701 g/mol. The van der Waals surface area contributed by atoms with E-state index in [4.69, 9.17) is 18.9 Å². The lowest BCUT2D eigenvalue weighted by molar-refractivity contribution is -0.258. The number of morpholine rings is 1. The second-order valence-electron chi connectivity index (χ2n) is 20.8. The van der Waals surface area contributed by atoms with E-state index in [1.165, 1.54) is 32.6 Å². The number of likely N-dealkylation sites (N-methyl/N-ethyl adjacent to an activating group) is 1. The Kier molecular flexibility index (Phi) is 8.22. The van der Waals surface area contributed by atoms with Gasteiger partial charge in [-0.2, -0.15) is 0 Å². The molecule has 50 heavy (non-hydrogen) atoms. The van der Waals surface area contributed by atoms with Crippen molar-refractivity contribution in [1.29, 1.82) is 0 Å². The quantitative estimate of drug-likeness (QED) is 0.360. The summed E-state index contributed by atoms with van der Waals surface area (Å²) in [5, 5.41) is 23.7. The summed E-state index contributed by atoms with van der Waals surface area (Å²) in [4.78, 5) is 17.1. The van der Waals surface area contributed by atoms with Crippen molar-refractivity contribution in [2.45, 2.75) is 162 Å². The highest BCUT2D eigenvalue weighted by molar-refractivity contribution is 5.66. The smallest absolute Gasteiger partial charge is 0.303 e. The van der Waals surface area contributed by atoms with E-state index in [2.05, 4.69) is 58.4 Å². The molecule has 3 saturated heterocycles. The molecule has 5 aliphatic carbocycles. The molecule has 2 N–H and O–H groups in total. The number of hydrogen-bond acceptors (Lipinski definition) is 9.